The van der Waals surface area contributed by atoms with Crippen molar-refractivity contribution in [3.63, 3.8) is 0 Å². The van der Waals surface area contributed by atoms with Crippen molar-refractivity contribution < 1.29 is 4.79 Å². The molecule has 0 unspecified atom stereocenters. The molecule has 1 amide bonds. The smallest absolute Gasteiger partial charge is 0.242 e. The first kappa shape index (κ1) is 13.1. The number of rotatable bonds is 4. The molecular weight excluding hydrogens is 248 g/mol. The minimum atomic E-state index is -0.562. The lowest BCUT2D eigenvalue weighted by atomic mass is 10.0. The number of hydrogen-bond donors (Lipinski definition) is 1. The van der Waals surface area contributed by atoms with Gasteiger partial charge in [-0.05, 0) is 35.6 Å². The molecule has 0 bridgehead atoms. The molecule has 2 N–H and O–H groups in total. The van der Waals surface area contributed by atoms with Crippen LogP contribution in [0.4, 0.5) is 0 Å². The van der Waals surface area contributed by atoms with Gasteiger partial charge in [-0.1, -0.05) is 42.5 Å². The SMILES string of the molecule is CN(CCc1cccc2ccccc12)C(=O)C1(N)CC1. The van der Waals surface area contributed by atoms with E-state index in [4.69, 9.17) is 5.73 Å². The van der Waals surface area contributed by atoms with Gasteiger partial charge in [0.25, 0.3) is 0 Å². The predicted octanol–water partition coefficient (Wildman–Crippen LogP) is 2.33. The normalized spacial score (nSPS) is 16.1. The Kier molecular flexibility index (Phi) is 3.22. The minimum absolute atomic E-state index is 0.0812. The van der Waals surface area contributed by atoms with Crippen molar-refractivity contribution in [1.82, 2.24) is 4.90 Å². The largest absolute Gasteiger partial charge is 0.344 e. The van der Waals surface area contributed by atoms with Crippen LogP contribution in [0.2, 0.25) is 0 Å². The van der Waals surface area contributed by atoms with Crippen LogP contribution in [-0.2, 0) is 11.2 Å². The molecule has 104 valence electrons. The second-order valence-corrected chi connectivity index (χ2v) is 5.77. The highest BCUT2D eigenvalue weighted by Crippen LogP contribution is 2.33. The monoisotopic (exact) mass is 268 g/mol. The highest BCUT2D eigenvalue weighted by Gasteiger charge is 2.47. The molecule has 3 nitrogen and oxygen atoms in total. The molecule has 0 spiro atoms. The van der Waals surface area contributed by atoms with E-state index in [2.05, 4.69) is 36.4 Å². The second-order valence-electron chi connectivity index (χ2n) is 5.77. The first-order chi connectivity index (χ1) is 9.60. The zero-order chi connectivity index (χ0) is 14.2. The summed E-state index contributed by atoms with van der Waals surface area (Å²) in [5, 5.41) is 2.52. The van der Waals surface area contributed by atoms with Gasteiger partial charge < -0.3 is 10.6 Å². The number of carbonyl (C=O) groups is 1. The fraction of sp³-hybridized carbons (Fsp3) is 0.353. The number of nitrogens with zero attached hydrogens (tertiary/aromatic N) is 1. The molecule has 1 saturated carbocycles. The molecule has 0 radical (unpaired) electrons. The van der Waals surface area contributed by atoms with E-state index in [0.29, 0.717) is 6.54 Å². The topological polar surface area (TPSA) is 46.3 Å². The van der Waals surface area contributed by atoms with Gasteiger partial charge in [0.2, 0.25) is 5.91 Å². The summed E-state index contributed by atoms with van der Waals surface area (Å²) in [6.07, 6.45) is 2.51. The van der Waals surface area contributed by atoms with Crippen LogP contribution in [0.15, 0.2) is 42.5 Å². The van der Waals surface area contributed by atoms with Crippen molar-refractivity contribution in [3.8, 4) is 0 Å². The third-order valence-electron chi connectivity index (χ3n) is 4.16. The summed E-state index contributed by atoms with van der Waals surface area (Å²) < 4.78 is 0. The van der Waals surface area contributed by atoms with Crippen molar-refractivity contribution in [2.75, 3.05) is 13.6 Å². The summed E-state index contributed by atoms with van der Waals surface area (Å²) in [4.78, 5) is 13.9. The lowest BCUT2D eigenvalue weighted by molar-refractivity contribution is -0.132. The van der Waals surface area contributed by atoms with E-state index in [1.165, 1.54) is 16.3 Å². The van der Waals surface area contributed by atoms with Gasteiger partial charge in [-0.15, -0.1) is 0 Å². The van der Waals surface area contributed by atoms with Gasteiger partial charge >= 0.3 is 0 Å². The second kappa shape index (κ2) is 4.91. The highest BCUT2D eigenvalue weighted by molar-refractivity contribution is 5.89. The number of carbonyl (C=O) groups excluding carboxylic acids is 1. The summed E-state index contributed by atoms with van der Waals surface area (Å²) in [5.74, 6) is 0.0812. The van der Waals surface area contributed by atoms with E-state index in [1.54, 1.807) is 4.90 Å². The standard InChI is InChI=1S/C17H20N2O/c1-19(16(20)17(18)10-11-17)12-9-14-7-4-6-13-5-2-3-8-15(13)14/h2-8H,9-12,18H2,1H3. The van der Waals surface area contributed by atoms with Gasteiger partial charge in [0.15, 0.2) is 0 Å². The van der Waals surface area contributed by atoms with E-state index >= 15 is 0 Å². The predicted molar refractivity (Wildman–Crippen MR) is 81.4 cm³/mol. The van der Waals surface area contributed by atoms with Gasteiger partial charge in [-0.2, -0.15) is 0 Å². The lowest BCUT2D eigenvalue weighted by Crippen LogP contribution is -2.44. The Morgan fingerprint density at radius 2 is 1.90 bits per heavy atom. The summed E-state index contributed by atoms with van der Waals surface area (Å²) in [5.41, 5.74) is 6.68. The van der Waals surface area contributed by atoms with Gasteiger partial charge in [0.1, 0.15) is 0 Å². The maximum Gasteiger partial charge on any atom is 0.242 e. The van der Waals surface area contributed by atoms with Gasteiger partial charge in [0, 0.05) is 13.6 Å². The van der Waals surface area contributed by atoms with Crippen molar-refractivity contribution in [3.05, 3.63) is 48.0 Å². The number of nitrogens with two attached hydrogens (primary N) is 1. The summed E-state index contributed by atoms with van der Waals surface area (Å²) in [6.45, 7) is 0.714. The Morgan fingerprint density at radius 1 is 1.20 bits per heavy atom. The van der Waals surface area contributed by atoms with E-state index in [1.807, 2.05) is 13.1 Å². The van der Waals surface area contributed by atoms with Crippen molar-refractivity contribution in [2.24, 2.45) is 5.73 Å². The molecule has 2 aromatic rings. The molecule has 1 fully saturated rings. The van der Waals surface area contributed by atoms with E-state index in [9.17, 15) is 4.79 Å². The molecule has 1 aliphatic carbocycles. The third-order valence-corrected chi connectivity index (χ3v) is 4.16. The first-order valence-corrected chi connectivity index (χ1v) is 7.11. The average molecular weight is 268 g/mol. The molecule has 1 aliphatic rings. The third kappa shape index (κ3) is 2.41. The lowest BCUT2D eigenvalue weighted by Gasteiger charge is -2.21. The van der Waals surface area contributed by atoms with Crippen LogP contribution in [0, 0.1) is 0 Å². The van der Waals surface area contributed by atoms with E-state index < -0.39 is 5.54 Å². The molecule has 3 rings (SSSR count). The molecule has 2 aromatic carbocycles. The van der Waals surface area contributed by atoms with Crippen LogP contribution in [0.1, 0.15) is 18.4 Å². The maximum absolute atomic E-state index is 12.1. The number of fused-ring (bicyclic) bond motifs is 1. The van der Waals surface area contributed by atoms with E-state index in [0.717, 1.165) is 19.3 Å². The number of likely N-dealkylation sites (N-methyl/N-ethyl adjacent to an activating group) is 1. The maximum atomic E-state index is 12.1. The van der Waals surface area contributed by atoms with Gasteiger partial charge in [-0.25, -0.2) is 0 Å². The first-order valence-electron chi connectivity index (χ1n) is 7.11. The molecular formula is C17H20N2O. The summed E-state index contributed by atoms with van der Waals surface area (Å²) in [6, 6.07) is 14.7. The van der Waals surface area contributed by atoms with Crippen LogP contribution >= 0.6 is 0 Å². The number of amides is 1. The molecule has 0 aromatic heterocycles. The Morgan fingerprint density at radius 3 is 2.65 bits per heavy atom. The molecule has 0 aliphatic heterocycles. The van der Waals surface area contributed by atoms with Crippen molar-refractivity contribution in [2.45, 2.75) is 24.8 Å². The minimum Gasteiger partial charge on any atom is -0.344 e. The molecule has 3 heteroatoms. The Bertz CT molecular complexity index is 641. The number of benzene rings is 2. The van der Waals surface area contributed by atoms with Crippen molar-refractivity contribution >= 4 is 16.7 Å². The molecule has 0 saturated heterocycles. The fourth-order valence-electron chi connectivity index (χ4n) is 2.63. The van der Waals surface area contributed by atoms with Crippen molar-refractivity contribution in [1.29, 1.82) is 0 Å². The summed E-state index contributed by atoms with van der Waals surface area (Å²) >= 11 is 0. The Labute approximate surface area is 119 Å². The highest BCUT2D eigenvalue weighted by atomic mass is 16.2. The fourth-order valence-corrected chi connectivity index (χ4v) is 2.63. The number of hydrogen-bond acceptors (Lipinski definition) is 2. The average Bonchev–Trinajstić information content (AvgIpc) is 3.23. The van der Waals surface area contributed by atoms with Crippen LogP contribution < -0.4 is 5.73 Å². The van der Waals surface area contributed by atoms with Gasteiger partial charge in [-0.3, -0.25) is 4.79 Å². The molecule has 0 atom stereocenters. The van der Waals surface area contributed by atoms with Gasteiger partial charge in [0.05, 0.1) is 5.54 Å². The van der Waals surface area contributed by atoms with Crippen LogP contribution in [-0.4, -0.2) is 29.9 Å². The molecule has 20 heavy (non-hydrogen) atoms. The summed E-state index contributed by atoms with van der Waals surface area (Å²) in [7, 11) is 1.85. The Hall–Kier alpha value is -1.87. The van der Waals surface area contributed by atoms with Crippen LogP contribution in [0.5, 0.6) is 0 Å². The Balaban J connectivity index is 1.72. The molecule has 0 heterocycles. The van der Waals surface area contributed by atoms with E-state index in [-0.39, 0.29) is 5.91 Å². The quantitative estimate of drug-likeness (QED) is 0.925. The zero-order valence-corrected chi connectivity index (χ0v) is 11.8. The van der Waals surface area contributed by atoms with Crippen LogP contribution in [0.3, 0.4) is 0 Å². The van der Waals surface area contributed by atoms with Crippen LogP contribution in [0.25, 0.3) is 10.8 Å². The zero-order valence-electron chi connectivity index (χ0n) is 11.8.